The minimum absolute atomic E-state index is 1.02. The summed E-state index contributed by atoms with van der Waals surface area (Å²) in [6, 6.07) is 14.1. The van der Waals surface area contributed by atoms with E-state index < -0.39 is 0 Å². The Morgan fingerprint density at radius 1 is 0.923 bits per heavy atom. The normalized spacial score (nSPS) is 9.92. The van der Waals surface area contributed by atoms with Crippen molar-refractivity contribution >= 4 is 14.5 Å². The Hall–Kier alpha value is -1.20. The van der Waals surface area contributed by atoms with Crippen LogP contribution >= 0.6 is 9.24 Å². The first-order valence-corrected chi connectivity index (χ1v) is 4.71. The Bertz CT molecular complexity index is 398. The molecule has 2 rings (SSSR count). The molecule has 1 atom stereocenters. The lowest BCUT2D eigenvalue weighted by molar-refractivity contribution is 1.33. The molecule has 13 heavy (non-hydrogen) atoms. The molecule has 0 bridgehead atoms. The quantitative estimate of drug-likeness (QED) is 0.624. The lowest BCUT2D eigenvalue weighted by Crippen LogP contribution is -1.96. The molecule has 0 aliphatic carbocycles. The molecule has 0 fully saturated rings. The van der Waals surface area contributed by atoms with E-state index in [1.165, 1.54) is 10.9 Å². The van der Waals surface area contributed by atoms with Crippen molar-refractivity contribution < 1.29 is 0 Å². The van der Waals surface area contributed by atoms with Crippen LogP contribution in [0.1, 0.15) is 0 Å². The monoisotopic (exact) mass is 187 g/mol. The molecule has 0 saturated heterocycles. The Kier molecular flexibility index (Phi) is 2.37. The molecule has 0 amide bonds. The maximum atomic E-state index is 4.30. The fourth-order valence-corrected chi connectivity index (χ4v) is 1.61. The number of nitrogens with zero attached hydrogens (tertiary/aromatic N) is 1. The predicted molar refractivity (Wildman–Crippen MR) is 59.0 cm³/mol. The predicted octanol–water partition coefficient (Wildman–Crippen LogP) is 2.25. The van der Waals surface area contributed by atoms with Crippen molar-refractivity contribution in [3.63, 3.8) is 0 Å². The summed E-state index contributed by atoms with van der Waals surface area (Å²) in [5.74, 6) is 0. The summed E-state index contributed by atoms with van der Waals surface area (Å²) < 4.78 is 0. The summed E-state index contributed by atoms with van der Waals surface area (Å²) >= 11 is 0. The zero-order valence-electron chi connectivity index (χ0n) is 7.14. The Balaban J connectivity index is 2.54. The van der Waals surface area contributed by atoms with Crippen molar-refractivity contribution in [3.05, 3.63) is 48.7 Å². The SMILES string of the molecule is Pc1ccccc1-c1ccccn1. The van der Waals surface area contributed by atoms with Crippen molar-refractivity contribution in [2.24, 2.45) is 0 Å². The van der Waals surface area contributed by atoms with Crippen LogP contribution in [0.25, 0.3) is 11.3 Å². The van der Waals surface area contributed by atoms with Gasteiger partial charge >= 0.3 is 0 Å². The van der Waals surface area contributed by atoms with Gasteiger partial charge in [0, 0.05) is 11.8 Å². The maximum absolute atomic E-state index is 4.30. The minimum atomic E-state index is 1.02. The van der Waals surface area contributed by atoms with E-state index in [9.17, 15) is 0 Å². The van der Waals surface area contributed by atoms with E-state index in [0.29, 0.717) is 0 Å². The second-order valence-corrected chi connectivity index (χ2v) is 3.42. The Morgan fingerprint density at radius 2 is 1.69 bits per heavy atom. The highest BCUT2D eigenvalue weighted by molar-refractivity contribution is 7.27. The van der Waals surface area contributed by atoms with E-state index in [4.69, 9.17) is 0 Å². The molecular weight excluding hydrogens is 177 g/mol. The molecule has 0 aliphatic heterocycles. The van der Waals surface area contributed by atoms with Gasteiger partial charge in [-0.05, 0) is 17.4 Å². The molecule has 2 aromatic rings. The van der Waals surface area contributed by atoms with Gasteiger partial charge in [-0.2, -0.15) is 0 Å². The van der Waals surface area contributed by atoms with Gasteiger partial charge in [-0.1, -0.05) is 30.3 Å². The molecule has 1 aromatic carbocycles. The topological polar surface area (TPSA) is 12.9 Å². The van der Waals surface area contributed by atoms with Gasteiger partial charge < -0.3 is 0 Å². The van der Waals surface area contributed by atoms with E-state index in [-0.39, 0.29) is 0 Å². The van der Waals surface area contributed by atoms with Crippen LogP contribution in [0.5, 0.6) is 0 Å². The van der Waals surface area contributed by atoms with Crippen LogP contribution < -0.4 is 5.30 Å². The van der Waals surface area contributed by atoms with Crippen molar-refractivity contribution in [1.82, 2.24) is 4.98 Å². The van der Waals surface area contributed by atoms with Gasteiger partial charge in [-0.15, -0.1) is 9.24 Å². The van der Waals surface area contributed by atoms with Crippen LogP contribution in [0.4, 0.5) is 0 Å². The fraction of sp³-hybridized carbons (Fsp3) is 0. The van der Waals surface area contributed by atoms with Crippen LogP contribution in [-0.4, -0.2) is 4.98 Å². The number of aromatic nitrogens is 1. The largest absolute Gasteiger partial charge is 0.256 e. The number of pyridine rings is 1. The van der Waals surface area contributed by atoms with Crippen LogP contribution in [0.2, 0.25) is 0 Å². The van der Waals surface area contributed by atoms with E-state index in [2.05, 4.69) is 26.4 Å². The molecule has 1 unspecified atom stereocenters. The summed E-state index contributed by atoms with van der Waals surface area (Å²) in [7, 11) is 2.72. The first-order chi connectivity index (χ1) is 6.38. The van der Waals surface area contributed by atoms with Gasteiger partial charge in [0.2, 0.25) is 0 Å². The van der Waals surface area contributed by atoms with E-state index in [0.717, 1.165) is 5.69 Å². The van der Waals surface area contributed by atoms with Gasteiger partial charge in [0.15, 0.2) is 0 Å². The minimum Gasteiger partial charge on any atom is -0.256 e. The second-order valence-electron chi connectivity index (χ2n) is 2.80. The Labute approximate surface area is 80.0 Å². The zero-order valence-corrected chi connectivity index (χ0v) is 8.30. The highest BCUT2D eigenvalue weighted by atomic mass is 31.0. The zero-order chi connectivity index (χ0) is 9.10. The fourth-order valence-electron chi connectivity index (χ4n) is 1.25. The lowest BCUT2D eigenvalue weighted by Gasteiger charge is -2.02. The summed E-state index contributed by atoms with van der Waals surface area (Å²) in [6.45, 7) is 0. The molecule has 1 heterocycles. The lowest BCUT2D eigenvalue weighted by atomic mass is 10.1. The molecule has 0 spiro atoms. The first kappa shape index (κ1) is 8.40. The standard InChI is InChI=1S/C11H10NP/c13-11-7-2-1-5-9(11)10-6-3-4-8-12-10/h1-8H,13H2. The summed E-state index contributed by atoms with van der Waals surface area (Å²) in [6.07, 6.45) is 1.81. The van der Waals surface area contributed by atoms with Crippen molar-refractivity contribution in [1.29, 1.82) is 0 Å². The summed E-state index contributed by atoms with van der Waals surface area (Å²) in [5.41, 5.74) is 2.20. The van der Waals surface area contributed by atoms with Gasteiger partial charge in [0.05, 0.1) is 5.69 Å². The smallest absolute Gasteiger partial charge is 0.0708 e. The molecule has 0 saturated carbocycles. The van der Waals surface area contributed by atoms with Crippen LogP contribution in [0.15, 0.2) is 48.7 Å². The third-order valence-corrected chi connectivity index (χ3v) is 2.41. The van der Waals surface area contributed by atoms with Crippen LogP contribution in [-0.2, 0) is 0 Å². The molecule has 2 heteroatoms. The van der Waals surface area contributed by atoms with Crippen molar-refractivity contribution in [3.8, 4) is 11.3 Å². The molecule has 0 aliphatic rings. The Morgan fingerprint density at radius 3 is 2.38 bits per heavy atom. The van der Waals surface area contributed by atoms with Crippen molar-refractivity contribution in [2.75, 3.05) is 0 Å². The molecule has 0 radical (unpaired) electrons. The molecule has 0 N–H and O–H groups in total. The van der Waals surface area contributed by atoms with E-state index in [1.807, 2.05) is 36.5 Å². The van der Waals surface area contributed by atoms with Gasteiger partial charge in [0.1, 0.15) is 0 Å². The summed E-state index contributed by atoms with van der Waals surface area (Å²) in [5, 5.41) is 1.18. The van der Waals surface area contributed by atoms with Crippen LogP contribution in [0, 0.1) is 0 Å². The number of hydrogen-bond acceptors (Lipinski definition) is 1. The molecule has 1 nitrogen and oxygen atoms in total. The van der Waals surface area contributed by atoms with E-state index in [1.54, 1.807) is 0 Å². The van der Waals surface area contributed by atoms with Gasteiger partial charge in [-0.3, -0.25) is 4.98 Å². The van der Waals surface area contributed by atoms with Gasteiger partial charge in [0.25, 0.3) is 0 Å². The number of rotatable bonds is 1. The molecular formula is C11H10NP. The molecule has 1 aromatic heterocycles. The second kappa shape index (κ2) is 3.68. The third kappa shape index (κ3) is 1.76. The average molecular weight is 187 g/mol. The summed E-state index contributed by atoms with van der Waals surface area (Å²) in [4.78, 5) is 4.30. The average Bonchev–Trinajstić information content (AvgIpc) is 2.20. The first-order valence-electron chi connectivity index (χ1n) is 4.14. The van der Waals surface area contributed by atoms with E-state index >= 15 is 0 Å². The van der Waals surface area contributed by atoms with Crippen molar-refractivity contribution in [2.45, 2.75) is 0 Å². The maximum Gasteiger partial charge on any atom is 0.0708 e. The van der Waals surface area contributed by atoms with Crippen LogP contribution in [0.3, 0.4) is 0 Å². The highest BCUT2D eigenvalue weighted by Crippen LogP contribution is 2.14. The molecule has 64 valence electrons. The third-order valence-electron chi connectivity index (χ3n) is 1.90. The number of benzene rings is 1. The number of hydrogen-bond donors (Lipinski definition) is 0. The highest BCUT2D eigenvalue weighted by Gasteiger charge is 1.99. The van der Waals surface area contributed by atoms with Gasteiger partial charge in [-0.25, -0.2) is 0 Å².